The second-order valence-corrected chi connectivity index (χ2v) is 3.71. The van der Waals surface area contributed by atoms with E-state index < -0.39 is 0 Å². The van der Waals surface area contributed by atoms with E-state index in [1.165, 1.54) is 19.3 Å². The Morgan fingerprint density at radius 2 is 2.18 bits per heavy atom. The van der Waals surface area contributed by atoms with Gasteiger partial charge in [0.05, 0.1) is 6.04 Å². The van der Waals surface area contributed by atoms with Crippen molar-refractivity contribution in [3.05, 3.63) is 0 Å². The summed E-state index contributed by atoms with van der Waals surface area (Å²) in [6, 6.07) is 1.15. The summed E-state index contributed by atoms with van der Waals surface area (Å²) in [6.45, 7) is 2.21. The van der Waals surface area contributed by atoms with E-state index in [9.17, 15) is 0 Å². The Balaban J connectivity index is 1.77. The molecular weight excluding hydrogens is 138 g/mol. The number of hydrogen-bond acceptors (Lipinski definition) is 1. The zero-order valence-corrected chi connectivity index (χ0v) is 6.88. The van der Waals surface area contributed by atoms with Crippen LogP contribution < -0.4 is 11.1 Å². The number of nitrogens with zero attached hydrogens (tertiary/aromatic N) is 1. The van der Waals surface area contributed by atoms with E-state index in [0.717, 1.165) is 5.92 Å². The lowest BCUT2D eigenvalue weighted by Gasteiger charge is -2.01. The van der Waals surface area contributed by atoms with E-state index in [0.29, 0.717) is 18.0 Å². The molecule has 2 unspecified atom stereocenters. The molecule has 0 saturated heterocycles. The van der Waals surface area contributed by atoms with E-state index in [1.807, 2.05) is 0 Å². The van der Waals surface area contributed by atoms with Gasteiger partial charge in [-0.25, -0.2) is 4.99 Å². The van der Waals surface area contributed by atoms with Gasteiger partial charge in [-0.2, -0.15) is 0 Å². The van der Waals surface area contributed by atoms with Crippen molar-refractivity contribution in [1.82, 2.24) is 5.32 Å². The molecule has 2 aliphatic carbocycles. The van der Waals surface area contributed by atoms with E-state index >= 15 is 0 Å². The van der Waals surface area contributed by atoms with E-state index in [2.05, 4.69) is 17.2 Å². The monoisotopic (exact) mass is 153 g/mol. The van der Waals surface area contributed by atoms with Gasteiger partial charge in [-0.1, -0.05) is 6.92 Å². The first kappa shape index (κ1) is 6.95. The minimum absolute atomic E-state index is 0.515. The molecule has 2 rings (SSSR count). The molecular formula is C8H15N3. The topological polar surface area (TPSA) is 50.4 Å². The number of nitrogens with two attached hydrogens (primary N) is 1. The van der Waals surface area contributed by atoms with Gasteiger partial charge in [0.2, 0.25) is 0 Å². The van der Waals surface area contributed by atoms with Gasteiger partial charge in [-0.05, 0) is 25.2 Å². The molecule has 2 atom stereocenters. The number of hydrogen-bond donors (Lipinski definition) is 2. The summed E-state index contributed by atoms with van der Waals surface area (Å²) < 4.78 is 0. The van der Waals surface area contributed by atoms with Gasteiger partial charge >= 0.3 is 0 Å². The molecule has 0 aromatic heterocycles. The van der Waals surface area contributed by atoms with Crippen LogP contribution in [-0.4, -0.2) is 18.0 Å². The van der Waals surface area contributed by atoms with Crippen LogP contribution in [0.3, 0.4) is 0 Å². The molecule has 0 aliphatic heterocycles. The van der Waals surface area contributed by atoms with Crippen molar-refractivity contribution >= 4 is 5.96 Å². The van der Waals surface area contributed by atoms with Gasteiger partial charge in [0.15, 0.2) is 5.96 Å². The molecule has 0 bridgehead atoms. The Bertz CT molecular complexity index is 184. The maximum absolute atomic E-state index is 5.66. The third-order valence-corrected chi connectivity index (χ3v) is 2.30. The number of rotatable bonds is 2. The maximum Gasteiger partial charge on any atom is 0.189 e. The highest BCUT2D eigenvalue weighted by Gasteiger charge is 2.32. The lowest BCUT2D eigenvalue weighted by molar-refractivity contribution is 0.849. The van der Waals surface area contributed by atoms with Crippen molar-refractivity contribution in [2.75, 3.05) is 0 Å². The Morgan fingerprint density at radius 1 is 1.55 bits per heavy atom. The quantitative estimate of drug-likeness (QED) is 0.447. The van der Waals surface area contributed by atoms with Gasteiger partial charge in [-0.15, -0.1) is 0 Å². The zero-order chi connectivity index (χ0) is 7.84. The fraction of sp³-hybridized carbons (Fsp3) is 0.875. The van der Waals surface area contributed by atoms with Crippen molar-refractivity contribution in [3.8, 4) is 0 Å². The Morgan fingerprint density at radius 3 is 2.64 bits per heavy atom. The molecule has 0 heterocycles. The fourth-order valence-corrected chi connectivity index (χ4v) is 1.14. The molecule has 3 heteroatoms. The number of guanidine groups is 1. The highest BCUT2D eigenvalue weighted by molar-refractivity contribution is 5.78. The van der Waals surface area contributed by atoms with Crippen LogP contribution in [0.5, 0.6) is 0 Å². The van der Waals surface area contributed by atoms with Crippen LogP contribution >= 0.6 is 0 Å². The van der Waals surface area contributed by atoms with Crippen LogP contribution in [0.4, 0.5) is 0 Å². The normalized spacial score (nSPS) is 37.0. The molecule has 0 aromatic rings. The number of nitrogens with one attached hydrogen (secondary N) is 1. The smallest absolute Gasteiger partial charge is 0.189 e. The number of aliphatic imine (C=N–C) groups is 1. The minimum Gasteiger partial charge on any atom is -0.370 e. The average molecular weight is 153 g/mol. The molecule has 11 heavy (non-hydrogen) atoms. The van der Waals surface area contributed by atoms with Crippen LogP contribution in [0.1, 0.15) is 26.2 Å². The van der Waals surface area contributed by atoms with Crippen molar-refractivity contribution in [2.45, 2.75) is 38.3 Å². The summed E-state index contributed by atoms with van der Waals surface area (Å²) in [5.74, 6) is 1.41. The van der Waals surface area contributed by atoms with E-state index in [-0.39, 0.29) is 0 Å². The second-order valence-electron chi connectivity index (χ2n) is 3.71. The summed E-state index contributed by atoms with van der Waals surface area (Å²) in [4.78, 5) is 4.33. The lowest BCUT2D eigenvalue weighted by Crippen LogP contribution is -2.33. The first-order chi connectivity index (χ1) is 5.25. The summed E-state index contributed by atoms with van der Waals surface area (Å²) >= 11 is 0. The summed E-state index contributed by atoms with van der Waals surface area (Å²) in [5, 5.41) is 3.17. The predicted octanol–water partition coefficient (Wildman–Crippen LogP) is 0.462. The zero-order valence-electron chi connectivity index (χ0n) is 6.88. The molecule has 3 nitrogen and oxygen atoms in total. The molecule has 0 aromatic carbocycles. The van der Waals surface area contributed by atoms with Crippen molar-refractivity contribution in [1.29, 1.82) is 0 Å². The summed E-state index contributed by atoms with van der Waals surface area (Å²) in [7, 11) is 0. The van der Waals surface area contributed by atoms with E-state index in [1.54, 1.807) is 0 Å². The molecule has 62 valence electrons. The van der Waals surface area contributed by atoms with Crippen molar-refractivity contribution < 1.29 is 0 Å². The summed E-state index contributed by atoms with van der Waals surface area (Å²) in [6.07, 6.45) is 3.74. The van der Waals surface area contributed by atoms with Gasteiger partial charge in [0.25, 0.3) is 0 Å². The third kappa shape index (κ3) is 1.85. The SMILES string of the molecule is CC1CC1N=C(N)NC1CC1. The highest BCUT2D eigenvalue weighted by Crippen LogP contribution is 2.32. The molecule has 2 fully saturated rings. The first-order valence-corrected chi connectivity index (χ1v) is 4.35. The van der Waals surface area contributed by atoms with Crippen molar-refractivity contribution in [3.63, 3.8) is 0 Å². The van der Waals surface area contributed by atoms with Crippen LogP contribution in [0.25, 0.3) is 0 Å². The highest BCUT2D eigenvalue weighted by atomic mass is 15.1. The third-order valence-electron chi connectivity index (χ3n) is 2.30. The maximum atomic E-state index is 5.66. The molecule has 2 aliphatic rings. The van der Waals surface area contributed by atoms with E-state index in [4.69, 9.17) is 5.73 Å². The van der Waals surface area contributed by atoms with Gasteiger partial charge < -0.3 is 11.1 Å². The Kier molecular flexibility index (Phi) is 1.51. The second kappa shape index (κ2) is 2.40. The minimum atomic E-state index is 0.515. The van der Waals surface area contributed by atoms with Gasteiger partial charge in [-0.3, -0.25) is 0 Å². The fourth-order valence-electron chi connectivity index (χ4n) is 1.14. The molecule has 0 spiro atoms. The molecule has 0 radical (unpaired) electrons. The van der Waals surface area contributed by atoms with Crippen LogP contribution in [0.2, 0.25) is 0 Å². The van der Waals surface area contributed by atoms with Crippen LogP contribution in [0.15, 0.2) is 4.99 Å². The summed E-state index contributed by atoms with van der Waals surface area (Å²) in [5.41, 5.74) is 5.66. The Hall–Kier alpha value is -0.730. The van der Waals surface area contributed by atoms with Crippen LogP contribution in [0, 0.1) is 5.92 Å². The molecule has 2 saturated carbocycles. The molecule has 0 amide bonds. The standard InChI is InChI=1S/C8H15N3/c1-5-4-7(5)11-8(9)10-6-2-3-6/h5-7H,2-4H2,1H3,(H3,9,10,11). The van der Waals surface area contributed by atoms with Gasteiger partial charge in [0.1, 0.15) is 0 Å². The van der Waals surface area contributed by atoms with Crippen molar-refractivity contribution in [2.24, 2.45) is 16.6 Å². The predicted molar refractivity (Wildman–Crippen MR) is 45.3 cm³/mol. The lowest BCUT2D eigenvalue weighted by atomic mass is 10.5. The van der Waals surface area contributed by atoms with Gasteiger partial charge in [0, 0.05) is 6.04 Å². The first-order valence-electron chi connectivity index (χ1n) is 4.35. The molecule has 3 N–H and O–H groups in total. The average Bonchev–Trinajstić information content (AvgIpc) is 2.75. The van der Waals surface area contributed by atoms with Crippen LogP contribution in [-0.2, 0) is 0 Å². The Labute approximate surface area is 67.1 Å². The largest absolute Gasteiger partial charge is 0.370 e.